The minimum Gasteiger partial charge on any atom is -0.493 e. The van der Waals surface area contributed by atoms with Crippen molar-refractivity contribution in [2.24, 2.45) is 5.92 Å². The van der Waals surface area contributed by atoms with E-state index < -0.39 is 49.0 Å². The second-order valence-electron chi connectivity index (χ2n) is 10.5. The van der Waals surface area contributed by atoms with Crippen LogP contribution < -0.4 is 19.5 Å². The van der Waals surface area contributed by atoms with E-state index in [1.54, 1.807) is 6.92 Å². The predicted octanol–water partition coefficient (Wildman–Crippen LogP) is 3.75. The SMILES string of the molecule is COc1ccnc(C(=O)NC2CCCC(Oc3ccccc3)C(OC(=O)C3CCCC3)C(C)OC2=O)c1OCOC(C)=O. The molecule has 12 heteroatoms. The number of hydrogen-bond donors (Lipinski definition) is 1. The minimum atomic E-state index is -1.04. The van der Waals surface area contributed by atoms with Crippen LogP contribution in [0.25, 0.3) is 0 Å². The molecule has 2 fully saturated rings. The van der Waals surface area contributed by atoms with Gasteiger partial charge in [-0.3, -0.25) is 14.4 Å². The van der Waals surface area contributed by atoms with Gasteiger partial charge in [-0.05, 0) is 51.2 Å². The third-order valence-corrected chi connectivity index (χ3v) is 7.44. The first-order valence-electron chi connectivity index (χ1n) is 14.5. The van der Waals surface area contributed by atoms with Crippen LogP contribution in [0.15, 0.2) is 42.6 Å². The molecule has 0 bridgehead atoms. The second kappa shape index (κ2) is 15.2. The molecular weight excluding hydrogens is 560 g/mol. The number of benzene rings is 1. The Morgan fingerprint density at radius 3 is 2.47 bits per heavy atom. The summed E-state index contributed by atoms with van der Waals surface area (Å²) in [7, 11) is 1.39. The van der Waals surface area contributed by atoms with Crippen LogP contribution in [0, 0.1) is 5.92 Å². The lowest BCUT2D eigenvalue weighted by Gasteiger charge is -2.31. The van der Waals surface area contributed by atoms with Crippen LogP contribution in [-0.4, -0.2) is 67.1 Å². The Hall–Kier alpha value is -4.35. The predicted molar refractivity (Wildman–Crippen MR) is 151 cm³/mol. The maximum absolute atomic E-state index is 13.4. The third kappa shape index (κ3) is 8.59. The van der Waals surface area contributed by atoms with Gasteiger partial charge < -0.3 is 33.7 Å². The lowest BCUT2D eigenvalue weighted by atomic mass is 10.0. The lowest BCUT2D eigenvalue weighted by molar-refractivity contribution is -0.177. The summed E-state index contributed by atoms with van der Waals surface area (Å²) in [6.45, 7) is 2.40. The van der Waals surface area contributed by atoms with Gasteiger partial charge in [0.15, 0.2) is 23.3 Å². The molecule has 1 aliphatic heterocycles. The number of aromatic nitrogens is 1. The molecular formula is C31H38N2O10. The maximum atomic E-state index is 13.4. The molecule has 4 rings (SSSR count). The first-order chi connectivity index (χ1) is 20.8. The molecule has 2 aromatic rings. The number of carbonyl (C=O) groups is 4. The van der Waals surface area contributed by atoms with Gasteiger partial charge in [0, 0.05) is 19.2 Å². The summed E-state index contributed by atoms with van der Waals surface area (Å²) >= 11 is 0. The average Bonchev–Trinajstić information content (AvgIpc) is 3.55. The normalized spacial score (nSPS) is 22.6. The summed E-state index contributed by atoms with van der Waals surface area (Å²) in [4.78, 5) is 55.0. The zero-order valence-electron chi connectivity index (χ0n) is 24.6. The Morgan fingerprint density at radius 2 is 1.77 bits per heavy atom. The molecule has 1 aromatic heterocycles. The fraction of sp³-hybridized carbons (Fsp3) is 0.516. The van der Waals surface area contributed by atoms with Crippen molar-refractivity contribution in [2.75, 3.05) is 13.9 Å². The van der Waals surface area contributed by atoms with Gasteiger partial charge in [-0.1, -0.05) is 31.0 Å². The van der Waals surface area contributed by atoms with Gasteiger partial charge >= 0.3 is 17.9 Å². The maximum Gasteiger partial charge on any atom is 0.329 e. The van der Waals surface area contributed by atoms with Crippen molar-refractivity contribution in [3.8, 4) is 17.2 Å². The van der Waals surface area contributed by atoms with Crippen LogP contribution in [0.2, 0.25) is 0 Å². The van der Waals surface area contributed by atoms with Gasteiger partial charge in [-0.15, -0.1) is 0 Å². The molecule has 1 amide bonds. The monoisotopic (exact) mass is 598 g/mol. The zero-order valence-corrected chi connectivity index (χ0v) is 24.6. The van der Waals surface area contributed by atoms with Crippen LogP contribution in [-0.2, 0) is 28.6 Å². The number of esters is 3. The Kier molecular flexibility index (Phi) is 11.2. The molecule has 2 heterocycles. The number of amides is 1. The van der Waals surface area contributed by atoms with Crippen LogP contribution in [0.1, 0.15) is 69.3 Å². The number of ether oxygens (including phenoxy) is 6. The number of rotatable bonds is 10. The van der Waals surface area contributed by atoms with Crippen LogP contribution in [0.5, 0.6) is 17.2 Å². The van der Waals surface area contributed by atoms with Crippen molar-refractivity contribution in [3.05, 3.63) is 48.3 Å². The number of cyclic esters (lactones) is 1. The quantitative estimate of drug-likeness (QED) is 0.242. The summed E-state index contributed by atoms with van der Waals surface area (Å²) < 4.78 is 33.6. The molecule has 1 aliphatic carbocycles. The molecule has 0 spiro atoms. The molecule has 1 N–H and O–H groups in total. The van der Waals surface area contributed by atoms with Crippen molar-refractivity contribution in [3.63, 3.8) is 0 Å². The number of carbonyl (C=O) groups excluding carboxylic acids is 4. The van der Waals surface area contributed by atoms with Gasteiger partial charge in [-0.25, -0.2) is 9.78 Å². The van der Waals surface area contributed by atoms with E-state index in [9.17, 15) is 19.2 Å². The van der Waals surface area contributed by atoms with Crippen LogP contribution in [0.3, 0.4) is 0 Å². The molecule has 0 radical (unpaired) electrons. The molecule has 2 aliphatic rings. The molecule has 1 aromatic carbocycles. The Bertz CT molecular complexity index is 1260. The number of methoxy groups -OCH3 is 1. The first kappa shape index (κ1) is 31.6. The number of hydrogen-bond acceptors (Lipinski definition) is 11. The summed E-state index contributed by atoms with van der Waals surface area (Å²) in [6.07, 6.45) is 3.63. The number of pyridine rings is 1. The van der Waals surface area contributed by atoms with Crippen molar-refractivity contribution in [2.45, 2.75) is 83.1 Å². The molecule has 1 saturated carbocycles. The second-order valence-corrected chi connectivity index (χ2v) is 10.5. The highest BCUT2D eigenvalue weighted by Gasteiger charge is 2.40. The van der Waals surface area contributed by atoms with E-state index >= 15 is 0 Å². The average molecular weight is 599 g/mol. The van der Waals surface area contributed by atoms with E-state index in [1.807, 2.05) is 30.3 Å². The van der Waals surface area contributed by atoms with E-state index in [4.69, 9.17) is 28.4 Å². The minimum absolute atomic E-state index is 0.0521. The van der Waals surface area contributed by atoms with E-state index in [-0.39, 0.29) is 35.5 Å². The van der Waals surface area contributed by atoms with Crippen molar-refractivity contribution in [1.29, 1.82) is 0 Å². The number of para-hydroxylation sites is 1. The molecule has 1 saturated heterocycles. The Balaban J connectivity index is 1.52. The summed E-state index contributed by atoms with van der Waals surface area (Å²) in [6, 6.07) is 9.62. The van der Waals surface area contributed by atoms with E-state index in [1.165, 1.54) is 26.3 Å². The Labute approximate surface area is 250 Å². The summed E-state index contributed by atoms with van der Waals surface area (Å²) in [5, 5.41) is 2.69. The van der Waals surface area contributed by atoms with Gasteiger partial charge in [0.25, 0.3) is 5.91 Å². The van der Waals surface area contributed by atoms with Gasteiger partial charge in [-0.2, -0.15) is 0 Å². The van der Waals surface area contributed by atoms with Crippen molar-refractivity contribution >= 4 is 23.8 Å². The van der Waals surface area contributed by atoms with E-state index in [0.717, 1.165) is 25.7 Å². The summed E-state index contributed by atoms with van der Waals surface area (Å²) in [5.41, 5.74) is -0.166. The smallest absolute Gasteiger partial charge is 0.329 e. The third-order valence-electron chi connectivity index (χ3n) is 7.44. The van der Waals surface area contributed by atoms with Crippen LogP contribution in [0.4, 0.5) is 0 Å². The number of nitrogens with zero attached hydrogens (tertiary/aromatic N) is 1. The fourth-order valence-corrected chi connectivity index (χ4v) is 5.22. The zero-order chi connectivity index (χ0) is 30.8. The highest BCUT2D eigenvalue weighted by molar-refractivity contribution is 5.98. The van der Waals surface area contributed by atoms with Crippen molar-refractivity contribution < 1.29 is 47.6 Å². The lowest BCUT2D eigenvalue weighted by Crippen LogP contribution is -2.47. The van der Waals surface area contributed by atoms with Gasteiger partial charge in [0.05, 0.1) is 13.0 Å². The topological polar surface area (TPSA) is 149 Å². The van der Waals surface area contributed by atoms with Gasteiger partial charge in [0.1, 0.15) is 24.0 Å². The highest BCUT2D eigenvalue weighted by atomic mass is 16.7. The first-order valence-corrected chi connectivity index (χ1v) is 14.5. The van der Waals surface area contributed by atoms with Crippen molar-refractivity contribution in [1.82, 2.24) is 10.3 Å². The molecule has 43 heavy (non-hydrogen) atoms. The fourth-order valence-electron chi connectivity index (χ4n) is 5.22. The molecule has 232 valence electrons. The number of nitrogens with one attached hydrogen (secondary N) is 1. The largest absolute Gasteiger partial charge is 0.493 e. The molecule has 4 unspecified atom stereocenters. The molecule has 4 atom stereocenters. The standard InChI is InChI=1S/C31H38N2O10/c1-19-27(43-30(36)21-10-7-8-11-21)25(42-22-12-5-4-6-13-22)15-9-14-23(31(37)41-19)33-29(35)26-28(40-18-39-20(2)34)24(38-3)16-17-32-26/h4-6,12-13,16-17,19,21,23,25,27H,7-11,14-15,18H2,1-3H3,(H,33,35). The van der Waals surface area contributed by atoms with E-state index in [0.29, 0.717) is 18.6 Å². The highest BCUT2D eigenvalue weighted by Crippen LogP contribution is 2.31. The molecule has 12 nitrogen and oxygen atoms in total. The summed E-state index contributed by atoms with van der Waals surface area (Å²) in [5.74, 6) is -1.75. The van der Waals surface area contributed by atoms with Crippen LogP contribution >= 0.6 is 0 Å². The van der Waals surface area contributed by atoms with E-state index in [2.05, 4.69) is 10.3 Å². The Morgan fingerprint density at radius 1 is 1.02 bits per heavy atom. The van der Waals surface area contributed by atoms with Gasteiger partial charge in [0.2, 0.25) is 6.79 Å².